The molecular formula is C22H20Cl2N2O3S. The third-order valence-electron chi connectivity index (χ3n) is 4.33. The van der Waals surface area contributed by atoms with Gasteiger partial charge in [0.1, 0.15) is 0 Å². The maximum atomic E-state index is 13.2. The molecule has 8 heteroatoms. The van der Waals surface area contributed by atoms with Gasteiger partial charge in [-0.15, -0.1) is 0 Å². The number of amides is 1. The van der Waals surface area contributed by atoms with Crippen molar-refractivity contribution in [1.82, 2.24) is 9.62 Å². The summed E-state index contributed by atoms with van der Waals surface area (Å²) in [5, 5.41) is 3.81. The Bertz CT molecular complexity index is 1120. The van der Waals surface area contributed by atoms with E-state index >= 15 is 0 Å². The molecule has 156 valence electrons. The molecule has 0 fully saturated rings. The van der Waals surface area contributed by atoms with Gasteiger partial charge in [-0.1, -0.05) is 65.7 Å². The van der Waals surface area contributed by atoms with Gasteiger partial charge >= 0.3 is 0 Å². The minimum absolute atomic E-state index is 0.0162. The second kappa shape index (κ2) is 10.1. The van der Waals surface area contributed by atoms with Gasteiger partial charge in [0.2, 0.25) is 15.9 Å². The molecule has 1 amide bonds. The van der Waals surface area contributed by atoms with E-state index in [0.717, 1.165) is 9.87 Å². The largest absolute Gasteiger partial charge is 0.351 e. The van der Waals surface area contributed by atoms with Crippen LogP contribution in [0.5, 0.6) is 0 Å². The fourth-order valence-corrected chi connectivity index (χ4v) is 4.70. The van der Waals surface area contributed by atoms with Crippen LogP contribution in [-0.4, -0.2) is 25.2 Å². The maximum Gasteiger partial charge on any atom is 0.243 e. The molecule has 0 radical (unpaired) electrons. The minimum Gasteiger partial charge on any atom is -0.351 e. The van der Waals surface area contributed by atoms with E-state index in [1.165, 1.54) is 12.1 Å². The summed E-state index contributed by atoms with van der Waals surface area (Å²) in [5.74, 6) is -0.420. The molecule has 30 heavy (non-hydrogen) atoms. The van der Waals surface area contributed by atoms with Crippen molar-refractivity contribution >= 4 is 39.1 Å². The summed E-state index contributed by atoms with van der Waals surface area (Å²) in [7, 11) is -3.89. The Kier molecular flexibility index (Phi) is 7.50. The van der Waals surface area contributed by atoms with E-state index in [9.17, 15) is 13.2 Å². The van der Waals surface area contributed by atoms with Gasteiger partial charge in [0, 0.05) is 23.1 Å². The number of carbonyl (C=O) groups is 1. The van der Waals surface area contributed by atoms with Crippen LogP contribution in [0.1, 0.15) is 11.1 Å². The highest BCUT2D eigenvalue weighted by Gasteiger charge is 2.26. The quantitative estimate of drug-likeness (QED) is 0.535. The number of carbonyl (C=O) groups excluding carboxylic acids is 1. The normalized spacial score (nSPS) is 11.4. The van der Waals surface area contributed by atoms with Crippen LogP contribution in [-0.2, 0) is 27.9 Å². The van der Waals surface area contributed by atoms with E-state index in [-0.39, 0.29) is 24.5 Å². The van der Waals surface area contributed by atoms with Gasteiger partial charge < -0.3 is 5.32 Å². The van der Waals surface area contributed by atoms with Crippen LogP contribution in [0, 0.1) is 0 Å². The van der Waals surface area contributed by atoms with Crippen molar-refractivity contribution in [3.63, 3.8) is 0 Å². The smallest absolute Gasteiger partial charge is 0.243 e. The fraction of sp³-hybridized carbons (Fsp3) is 0.136. The highest BCUT2D eigenvalue weighted by atomic mass is 35.5. The zero-order valence-electron chi connectivity index (χ0n) is 16.0. The molecule has 5 nitrogen and oxygen atoms in total. The lowest BCUT2D eigenvalue weighted by Crippen LogP contribution is -2.40. The molecule has 1 N–H and O–H groups in total. The SMILES string of the molecule is O=C(CN(Cc1cccc(Cl)c1)S(=O)(=O)c1ccccc1)NCc1cccc(Cl)c1. The Hall–Kier alpha value is -2.38. The molecule has 3 aromatic carbocycles. The summed E-state index contributed by atoms with van der Waals surface area (Å²) in [6.07, 6.45) is 0. The van der Waals surface area contributed by atoms with Crippen LogP contribution >= 0.6 is 23.2 Å². The molecule has 0 unspecified atom stereocenters. The number of benzene rings is 3. The van der Waals surface area contributed by atoms with E-state index in [1.54, 1.807) is 60.7 Å². The Balaban J connectivity index is 1.79. The van der Waals surface area contributed by atoms with Crippen LogP contribution in [0.3, 0.4) is 0 Å². The van der Waals surface area contributed by atoms with Crippen molar-refractivity contribution < 1.29 is 13.2 Å². The monoisotopic (exact) mass is 462 g/mol. The number of hydrogen-bond donors (Lipinski definition) is 1. The van der Waals surface area contributed by atoms with Gasteiger partial charge in [-0.2, -0.15) is 4.31 Å². The number of nitrogens with zero attached hydrogens (tertiary/aromatic N) is 1. The van der Waals surface area contributed by atoms with Crippen molar-refractivity contribution in [3.8, 4) is 0 Å². The van der Waals surface area contributed by atoms with Crippen LogP contribution in [0.4, 0.5) is 0 Å². The summed E-state index contributed by atoms with van der Waals surface area (Å²) in [4.78, 5) is 12.7. The zero-order chi connectivity index (χ0) is 21.6. The number of hydrogen-bond acceptors (Lipinski definition) is 3. The summed E-state index contributed by atoms with van der Waals surface area (Å²) in [5.41, 5.74) is 1.51. The average Bonchev–Trinajstić information content (AvgIpc) is 2.72. The maximum absolute atomic E-state index is 13.2. The Morgan fingerprint density at radius 2 is 1.43 bits per heavy atom. The van der Waals surface area contributed by atoms with Gasteiger partial charge in [-0.3, -0.25) is 4.79 Å². The van der Waals surface area contributed by atoms with E-state index in [0.29, 0.717) is 15.6 Å². The molecule has 0 bridgehead atoms. The molecule has 0 saturated heterocycles. The number of nitrogens with one attached hydrogen (secondary N) is 1. The lowest BCUT2D eigenvalue weighted by Gasteiger charge is -2.22. The third kappa shape index (κ3) is 6.06. The predicted octanol–water partition coefficient (Wildman–Crippen LogP) is 4.50. The molecule has 0 aliphatic carbocycles. The zero-order valence-corrected chi connectivity index (χ0v) is 18.3. The number of rotatable bonds is 8. The molecule has 0 aliphatic rings. The third-order valence-corrected chi connectivity index (χ3v) is 6.60. The average molecular weight is 463 g/mol. The minimum atomic E-state index is -3.89. The molecule has 3 aromatic rings. The van der Waals surface area contributed by atoms with Crippen molar-refractivity contribution in [1.29, 1.82) is 0 Å². The molecule has 0 spiro atoms. The Labute approximate surface area is 186 Å². The van der Waals surface area contributed by atoms with Gasteiger partial charge in [0.05, 0.1) is 11.4 Å². The standard InChI is InChI=1S/C22H20Cl2N2O3S/c23-19-8-4-6-17(12-19)14-25-22(27)16-26(15-18-7-5-9-20(24)13-18)30(28,29)21-10-2-1-3-11-21/h1-13H,14-16H2,(H,25,27). The molecule has 0 aromatic heterocycles. The highest BCUT2D eigenvalue weighted by Crippen LogP contribution is 2.20. The van der Waals surface area contributed by atoms with Crippen molar-refractivity contribution in [2.24, 2.45) is 0 Å². The van der Waals surface area contributed by atoms with Crippen molar-refractivity contribution in [2.75, 3.05) is 6.54 Å². The molecule has 0 aliphatic heterocycles. The Morgan fingerprint density at radius 1 is 0.833 bits per heavy atom. The van der Waals surface area contributed by atoms with Crippen LogP contribution in [0.15, 0.2) is 83.8 Å². The highest BCUT2D eigenvalue weighted by molar-refractivity contribution is 7.89. The summed E-state index contributed by atoms with van der Waals surface area (Å²) < 4.78 is 27.5. The predicted molar refractivity (Wildman–Crippen MR) is 119 cm³/mol. The molecule has 0 atom stereocenters. The fourth-order valence-electron chi connectivity index (χ4n) is 2.87. The first-order valence-electron chi connectivity index (χ1n) is 9.15. The first kappa shape index (κ1) is 22.3. The molecular weight excluding hydrogens is 443 g/mol. The van der Waals surface area contributed by atoms with Crippen LogP contribution in [0.2, 0.25) is 10.0 Å². The van der Waals surface area contributed by atoms with Crippen molar-refractivity contribution in [2.45, 2.75) is 18.0 Å². The Morgan fingerprint density at radius 3 is 2.07 bits per heavy atom. The van der Waals surface area contributed by atoms with Crippen molar-refractivity contribution in [3.05, 3.63) is 100 Å². The summed E-state index contributed by atoms with van der Waals surface area (Å²) >= 11 is 12.0. The number of halogens is 2. The lowest BCUT2D eigenvalue weighted by atomic mass is 10.2. The summed E-state index contributed by atoms with van der Waals surface area (Å²) in [6.45, 7) is -0.0670. The summed E-state index contributed by atoms with van der Waals surface area (Å²) in [6, 6.07) is 22.0. The lowest BCUT2D eigenvalue weighted by molar-refractivity contribution is -0.121. The second-order valence-corrected chi connectivity index (χ2v) is 9.43. The van der Waals surface area contributed by atoms with E-state index in [4.69, 9.17) is 23.2 Å². The van der Waals surface area contributed by atoms with E-state index < -0.39 is 15.9 Å². The van der Waals surface area contributed by atoms with E-state index in [2.05, 4.69) is 5.32 Å². The van der Waals surface area contributed by atoms with Crippen LogP contribution in [0.25, 0.3) is 0 Å². The molecule has 0 heterocycles. The molecule has 3 rings (SSSR count). The van der Waals surface area contributed by atoms with E-state index in [1.807, 2.05) is 6.07 Å². The number of sulfonamides is 1. The first-order chi connectivity index (χ1) is 14.3. The second-order valence-electron chi connectivity index (χ2n) is 6.62. The molecule has 0 saturated carbocycles. The van der Waals surface area contributed by atoms with Gasteiger partial charge in [-0.05, 0) is 47.5 Å². The van der Waals surface area contributed by atoms with Gasteiger partial charge in [0.25, 0.3) is 0 Å². The van der Waals surface area contributed by atoms with Gasteiger partial charge in [-0.25, -0.2) is 8.42 Å². The van der Waals surface area contributed by atoms with Crippen LogP contribution < -0.4 is 5.32 Å². The first-order valence-corrected chi connectivity index (χ1v) is 11.3. The topological polar surface area (TPSA) is 66.5 Å². The van der Waals surface area contributed by atoms with Gasteiger partial charge in [0.15, 0.2) is 0 Å².